The maximum atomic E-state index is 12.5. The lowest BCUT2D eigenvalue weighted by Gasteiger charge is -2.38. The Morgan fingerprint density at radius 3 is 2.23 bits per heavy atom. The van der Waals surface area contributed by atoms with Gasteiger partial charge in [0, 0.05) is 67.2 Å². The Hall–Kier alpha value is -4.11. The van der Waals surface area contributed by atoms with Crippen molar-refractivity contribution in [3.63, 3.8) is 0 Å². The number of anilines is 3. The molecule has 9 heteroatoms. The van der Waals surface area contributed by atoms with Crippen molar-refractivity contribution in [2.45, 2.75) is 39.7 Å². The molecule has 2 aliphatic heterocycles. The molecule has 0 aromatic heterocycles. The molecule has 2 heterocycles. The molecule has 2 saturated heterocycles. The maximum Gasteiger partial charge on any atom is 0.253 e. The van der Waals surface area contributed by atoms with E-state index in [1.54, 1.807) is 12.3 Å². The number of carbonyl (C=O) groups excluding carboxylic acids is 2. The summed E-state index contributed by atoms with van der Waals surface area (Å²) < 4.78 is 5.42. The van der Waals surface area contributed by atoms with Crippen LogP contribution in [0.4, 0.5) is 17.1 Å². The van der Waals surface area contributed by atoms with Crippen molar-refractivity contribution < 1.29 is 14.3 Å². The van der Waals surface area contributed by atoms with Crippen molar-refractivity contribution in [2.75, 3.05) is 48.3 Å². The van der Waals surface area contributed by atoms with Crippen LogP contribution in [0.25, 0.3) is 5.70 Å². The molecule has 2 aromatic rings. The zero-order chi connectivity index (χ0) is 28.7. The van der Waals surface area contributed by atoms with E-state index in [0.29, 0.717) is 23.8 Å². The number of piperazine rings is 1. The smallest absolute Gasteiger partial charge is 0.253 e. The number of hydrogen-bond acceptors (Lipinski definition) is 7. The molecule has 212 valence electrons. The second-order valence-corrected chi connectivity index (χ2v) is 11.1. The van der Waals surface area contributed by atoms with Crippen LogP contribution in [0, 0.1) is 5.41 Å². The van der Waals surface area contributed by atoms with Gasteiger partial charge >= 0.3 is 0 Å². The fourth-order valence-electron chi connectivity index (χ4n) is 4.65. The van der Waals surface area contributed by atoms with Gasteiger partial charge in [0.2, 0.25) is 5.91 Å². The van der Waals surface area contributed by atoms with E-state index in [1.165, 1.54) is 0 Å². The van der Waals surface area contributed by atoms with E-state index in [0.717, 1.165) is 56.0 Å². The molecule has 0 saturated carbocycles. The van der Waals surface area contributed by atoms with Crippen LogP contribution in [0.5, 0.6) is 0 Å². The van der Waals surface area contributed by atoms with Gasteiger partial charge in [-0.15, -0.1) is 0 Å². The molecule has 0 spiro atoms. The fraction of sp³-hybridized carbons (Fsp3) is 0.387. The second-order valence-electron chi connectivity index (χ2n) is 11.1. The van der Waals surface area contributed by atoms with Crippen LogP contribution in [-0.2, 0) is 14.3 Å². The number of benzene rings is 2. The third-order valence-corrected chi connectivity index (χ3v) is 6.92. The van der Waals surface area contributed by atoms with Gasteiger partial charge in [0.05, 0.1) is 0 Å². The molecule has 0 radical (unpaired) electrons. The van der Waals surface area contributed by atoms with E-state index in [2.05, 4.69) is 39.2 Å². The Bertz CT molecular complexity index is 1250. The Morgan fingerprint density at radius 1 is 1.00 bits per heavy atom. The van der Waals surface area contributed by atoms with Crippen LogP contribution >= 0.6 is 0 Å². The summed E-state index contributed by atoms with van der Waals surface area (Å²) in [6.07, 6.45) is 4.61. The van der Waals surface area contributed by atoms with Crippen molar-refractivity contribution in [2.24, 2.45) is 16.1 Å². The number of carbonyl (C=O) groups is 2. The lowest BCUT2D eigenvalue weighted by atomic mass is 9.94. The molecule has 9 nitrogen and oxygen atoms in total. The molecule has 2 aromatic carbocycles. The van der Waals surface area contributed by atoms with Gasteiger partial charge in [-0.1, -0.05) is 39.5 Å². The molecule has 4 rings (SSSR count). The minimum absolute atomic E-state index is 0.117. The highest BCUT2D eigenvalue weighted by Crippen LogP contribution is 2.23. The number of nitrogens with one attached hydrogen (secondary N) is 2. The van der Waals surface area contributed by atoms with Crippen LogP contribution in [0.1, 0.15) is 39.2 Å². The summed E-state index contributed by atoms with van der Waals surface area (Å²) in [6.45, 7) is 13.6. The minimum atomic E-state index is -0.368. The predicted molar refractivity (Wildman–Crippen MR) is 162 cm³/mol. The summed E-state index contributed by atoms with van der Waals surface area (Å²) in [5, 5.41) is 6.07. The van der Waals surface area contributed by atoms with Gasteiger partial charge in [-0.2, -0.15) is 0 Å². The van der Waals surface area contributed by atoms with Crippen LogP contribution in [0.15, 0.2) is 72.0 Å². The van der Waals surface area contributed by atoms with Crippen LogP contribution in [0.3, 0.4) is 0 Å². The lowest BCUT2D eigenvalue weighted by Crippen LogP contribution is -2.51. The van der Waals surface area contributed by atoms with E-state index in [9.17, 15) is 9.59 Å². The van der Waals surface area contributed by atoms with Crippen molar-refractivity contribution >= 4 is 40.8 Å². The summed E-state index contributed by atoms with van der Waals surface area (Å²) in [4.78, 5) is 33.3. The average Bonchev–Trinajstić information content (AvgIpc) is 3.48. The summed E-state index contributed by atoms with van der Waals surface area (Å²) in [6, 6.07) is 15.4. The van der Waals surface area contributed by atoms with Gasteiger partial charge in [0.25, 0.3) is 5.91 Å². The molecular weight excluding hydrogens is 504 g/mol. The number of ether oxygens (including phenoxy) is 1. The van der Waals surface area contributed by atoms with Crippen molar-refractivity contribution in [3.05, 3.63) is 72.6 Å². The number of nitrogens with zero attached hydrogens (tertiary/aromatic N) is 3. The first-order valence-corrected chi connectivity index (χ1v) is 13.7. The maximum absolute atomic E-state index is 12.5. The highest BCUT2D eigenvalue weighted by atomic mass is 16.5. The van der Waals surface area contributed by atoms with Crippen LogP contribution < -0.4 is 21.3 Å². The van der Waals surface area contributed by atoms with Gasteiger partial charge in [-0.25, -0.2) is 4.99 Å². The minimum Gasteiger partial charge on any atom is -0.398 e. The number of rotatable bonds is 8. The van der Waals surface area contributed by atoms with E-state index >= 15 is 0 Å². The third-order valence-electron chi connectivity index (χ3n) is 6.92. The molecule has 2 fully saturated rings. The second kappa shape index (κ2) is 12.8. The average molecular weight is 545 g/mol. The summed E-state index contributed by atoms with van der Waals surface area (Å²) in [5.74, 6) is 0.572. The predicted octanol–water partition coefficient (Wildman–Crippen LogP) is 4.45. The third kappa shape index (κ3) is 7.72. The topological polar surface area (TPSA) is 112 Å². The van der Waals surface area contributed by atoms with Crippen LogP contribution in [-0.4, -0.2) is 61.8 Å². The Labute approximate surface area is 236 Å². The summed E-state index contributed by atoms with van der Waals surface area (Å²) >= 11 is 0. The van der Waals surface area contributed by atoms with Gasteiger partial charge in [-0.3, -0.25) is 9.59 Å². The molecule has 0 aliphatic carbocycles. The van der Waals surface area contributed by atoms with Gasteiger partial charge in [0.1, 0.15) is 11.9 Å². The van der Waals surface area contributed by atoms with E-state index in [-0.39, 0.29) is 23.3 Å². The zero-order valence-electron chi connectivity index (χ0n) is 23.7. The number of hydrogen-bond donors (Lipinski definition) is 3. The Morgan fingerprint density at radius 2 is 1.62 bits per heavy atom. The van der Waals surface area contributed by atoms with E-state index in [1.807, 2.05) is 62.1 Å². The quantitative estimate of drug-likeness (QED) is 0.423. The summed E-state index contributed by atoms with van der Waals surface area (Å²) in [5.41, 5.74) is 9.92. The van der Waals surface area contributed by atoms with Crippen molar-refractivity contribution in [3.8, 4) is 0 Å². The number of aliphatic imine (C=N–C) groups is 1. The number of allylic oxidation sites excluding steroid dienone is 1. The molecular formula is C31H40N6O3. The first kappa shape index (κ1) is 28.9. The van der Waals surface area contributed by atoms with Gasteiger partial charge < -0.3 is 30.9 Å². The molecule has 2 amide bonds. The zero-order valence-corrected chi connectivity index (χ0v) is 23.7. The standard InChI is InChI=1S/C31H40N6O3/c1-22(33-16-15-27(32)23-7-9-25(10-8-23)35-29(38)28-6-5-21-40-28)34-24-11-13-26(14-12-24)36-17-19-37(20-18-36)30(39)31(2,3)4/h7-16,28,34H,1,5-6,17-21,32H2,2-4H3,(H,35,38)/b27-15-,33-16?. The number of nitrogens with two attached hydrogens (primary N) is 1. The lowest BCUT2D eigenvalue weighted by molar-refractivity contribution is -0.139. The number of amides is 2. The van der Waals surface area contributed by atoms with Gasteiger partial charge in [-0.05, 0) is 60.9 Å². The Kier molecular flexibility index (Phi) is 9.26. The summed E-state index contributed by atoms with van der Waals surface area (Å²) in [7, 11) is 0. The first-order valence-electron chi connectivity index (χ1n) is 13.7. The molecule has 4 N–H and O–H groups in total. The van der Waals surface area contributed by atoms with E-state index in [4.69, 9.17) is 10.5 Å². The highest BCUT2D eigenvalue weighted by molar-refractivity contribution is 5.94. The van der Waals surface area contributed by atoms with Crippen molar-refractivity contribution in [1.82, 2.24) is 4.90 Å². The molecule has 1 atom stereocenters. The molecule has 1 unspecified atom stereocenters. The Balaban J connectivity index is 1.23. The monoisotopic (exact) mass is 544 g/mol. The largest absolute Gasteiger partial charge is 0.398 e. The molecule has 40 heavy (non-hydrogen) atoms. The normalized spacial score (nSPS) is 18.2. The van der Waals surface area contributed by atoms with Crippen LogP contribution in [0.2, 0.25) is 0 Å². The molecule has 2 aliphatic rings. The van der Waals surface area contributed by atoms with E-state index < -0.39 is 0 Å². The fourth-order valence-corrected chi connectivity index (χ4v) is 4.65. The highest BCUT2D eigenvalue weighted by Gasteiger charge is 2.29. The first-order chi connectivity index (χ1) is 19.1. The SMILES string of the molecule is C=C(N=C/C=C(\N)c1ccc(NC(=O)C2CCCO2)cc1)Nc1ccc(N2CCN(C(=O)C(C)(C)C)CC2)cc1. The van der Waals surface area contributed by atoms with Gasteiger partial charge in [0.15, 0.2) is 0 Å². The molecule has 0 bridgehead atoms. The van der Waals surface area contributed by atoms with Crippen molar-refractivity contribution in [1.29, 1.82) is 0 Å².